The van der Waals surface area contributed by atoms with Crippen molar-refractivity contribution in [3.63, 3.8) is 0 Å². The minimum atomic E-state index is -3.75. The Bertz CT molecular complexity index is 237. The van der Waals surface area contributed by atoms with Gasteiger partial charge < -0.3 is 0 Å². The predicted molar refractivity (Wildman–Crippen MR) is 38.6 cm³/mol. The third-order valence-corrected chi connectivity index (χ3v) is 1.51. The summed E-state index contributed by atoms with van der Waals surface area (Å²) in [5, 5.41) is 1.55. The molecule has 0 heterocycles. The zero-order valence-electron chi connectivity index (χ0n) is 6.21. The molecule has 0 aromatic rings. The third-order valence-electron chi connectivity index (χ3n) is 0.504. The number of terminal acetylenes is 1. The molecule has 0 N–H and O–H groups in total. The minimum absolute atomic E-state index is 0.745. The normalized spacial score (nSPS) is 12.6. The van der Waals surface area contributed by atoms with E-state index in [0.717, 1.165) is 0 Å². The predicted octanol–water partition coefficient (Wildman–Crippen LogP) is 0.722. The van der Waals surface area contributed by atoms with Crippen LogP contribution in [0.15, 0.2) is 0 Å². The topological polar surface area (TPSA) is 43.4 Å². The lowest BCUT2D eigenvalue weighted by Gasteiger charge is -2.15. The van der Waals surface area contributed by atoms with Crippen molar-refractivity contribution in [2.24, 2.45) is 0 Å². The summed E-state index contributed by atoms with van der Waals surface area (Å²) < 4.78 is 25.6. The van der Waals surface area contributed by atoms with Crippen LogP contribution in [0.3, 0.4) is 0 Å². The number of rotatable bonds is 1. The Balaban J connectivity index is 4.37. The van der Waals surface area contributed by atoms with Crippen LogP contribution in [-0.2, 0) is 14.3 Å². The molecular weight excluding hydrogens is 152 g/mol. The molecule has 0 bridgehead atoms. The molecular formula is C6H10O3S. The van der Waals surface area contributed by atoms with Gasteiger partial charge in [0.05, 0.1) is 10.9 Å². The minimum Gasteiger partial charge on any atom is -0.255 e. The molecule has 0 fully saturated rings. The Labute approximate surface area is 61.5 Å². The lowest BCUT2D eigenvalue weighted by Crippen LogP contribution is -2.22. The summed E-state index contributed by atoms with van der Waals surface area (Å²) in [4.78, 5) is 0. The van der Waals surface area contributed by atoms with Gasteiger partial charge in [-0.15, -0.1) is 6.42 Å². The van der Waals surface area contributed by atoms with Crippen LogP contribution in [0.4, 0.5) is 0 Å². The molecule has 0 aliphatic heterocycles. The Morgan fingerprint density at radius 1 is 1.40 bits per heavy atom. The van der Waals surface area contributed by atoms with Crippen LogP contribution in [0.1, 0.15) is 20.8 Å². The van der Waals surface area contributed by atoms with Crippen LogP contribution in [-0.4, -0.2) is 14.0 Å². The second kappa shape index (κ2) is 2.60. The van der Waals surface area contributed by atoms with E-state index >= 15 is 0 Å². The zero-order chi connectivity index (χ0) is 8.41. The van der Waals surface area contributed by atoms with Crippen LogP contribution < -0.4 is 0 Å². The second-order valence-electron chi connectivity index (χ2n) is 2.77. The van der Waals surface area contributed by atoms with Crippen LogP contribution in [0.2, 0.25) is 0 Å². The van der Waals surface area contributed by atoms with E-state index in [1.165, 1.54) is 0 Å². The monoisotopic (exact) mass is 162 g/mol. The first-order valence-electron chi connectivity index (χ1n) is 2.70. The van der Waals surface area contributed by atoms with Gasteiger partial charge in [-0.1, -0.05) is 0 Å². The maximum absolute atomic E-state index is 10.6. The first-order chi connectivity index (χ1) is 4.27. The fourth-order valence-corrected chi connectivity index (χ4v) is 1.06. The van der Waals surface area contributed by atoms with Crippen molar-refractivity contribution < 1.29 is 12.6 Å². The molecule has 0 radical (unpaired) electrons. The molecule has 0 aliphatic rings. The molecule has 0 rings (SSSR count). The maximum Gasteiger partial charge on any atom is 0.338 e. The molecule has 10 heavy (non-hydrogen) atoms. The van der Waals surface area contributed by atoms with Gasteiger partial charge in [-0.2, -0.15) is 8.42 Å². The van der Waals surface area contributed by atoms with Gasteiger partial charge in [0.1, 0.15) is 0 Å². The summed E-state index contributed by atoms with van der Waals surface area (Å²) in [6.07, 6.45) is 4.65. The van der Waals surface area contributed by atoms with Crippen molar-refractivity contribution in [3.8, 4) is 11.7 Å². The summed E-state index contributed by atoms with van der Waals surface area (Å²) in [5.74, 6) is 0. The van der Waals surface area contributed by atoms with Crippen molar-refractivity contribution in [2.45, 2.75) is 26.4 Å². The third kappa shape index (κ3) is 4.36. The zero-order valence-corrected chi connectivity index (χ0v) is 7.03. The van der Waals surface area contributed by atoms with Crippen molar-refractivity contribution in [3.05, 3.63) is 0 Å². The Hall–Kier alpha value is -0.530. The highest BCUT2D eigenvalue weighted by Crippen LogP contribution is 2.10. The summed E-state index contributed by atoms with van der Waals surface area (Å²) in [6.45, 7) is 4.84. The molecule has 0 aromatic heterocycles. The number of hydrogen-bond donors (Lipinski definition) is 0. The van der Waals surface area contributed by atoms with Crippen LogP contribution in [0.25, 0.3) is 0 Å². The van der Waals surface area contributed by atoms with Gasteiger partial charge in [0.25, 0.3) is 0 Å². The standard InChI is InChI=1S/C6H10O3S/c1-5-10(7,8)9-6(2,3)4/h1H,2-4H3. The molecule has 0 saturated heterocycles. The van der Waals surface area contributed by atoms with E-state index in [0.29, 0.717) is 0 Å². The van der Waals surface area contributed by atoms with Gasteiger partial charge >= 0.3 is 10.1 Å². The van der Waals surface area contributed by atoms with Crippen molar-refractivity contribution in [1.82, 2.24) is 0 Å². The molecule has 0 atom stereocenters. The molecule has 0 aliphatic carbocycles. The fourth-order valence-electron chi connectivity index (χ4n) is 0.353. The molecule has 0 aromatic carbocycles. The SMILES string of the molecule is C#CS(=O)(=O)OC(C)(C)C. The molecule has 0 saturated carbocycles. The average molecular weight is 162 g/mol. The lowest BCUT2D eigenvalue weighted by molar-refractivity contribution is 0.143. The summed E-state index contributed by atoms with van der Waals surface area (Å²) in [6, 6.07) is 0. The van der Waals surface area contributed by atoms with E-state index < -0.39 is 15.7 Å². The average Bonchev–Trinajstić information content (AvgIpc) is 1.60. The Kier molecular flexibility index (Phi) is 2.47. The summed E-state index contributed by atoms with van der Waals surface area (Å²) in [5.41, 5.74) is -0.745. The quantitative estimate of drug-likeness (QED) is 0.421. The van der Waals surface area contributed by atoms with Crippen LogP contribution >= 0.6 is 0 Å². The summed E-state index contributed by atoms with van der Waals surface area (Å²) >= 11 is 0. The Morgan fingerprint density at radius 3 is 1.90 bits per heavy atom. The van der Waals surface area contributed by atoms with E-state index in [-0.39, 0.29) is 0 Å². The van der Waals surface area contributed by atoms with E-state index in [9.17, 15) is 8.42 Å². The molecule has 0 spiro atoms. The second-order valence-corrected chi connectivity index (χ2v) is 4.08. The highest BCUT2D eigenvalue weighted by atomic mass is 32.2. The van der Waals surface area contributed by atoms with Gasteiger partial charge in [-0.05, 0) is 20.8 Å². The van der Waals surface area contributed by atoms with Crippen molar-refractivity contribution in [1.29, 1.82) is 0 Å². The van der Waals surface area contributed by atoms with Gasteiger partial charge in [0, 0.05) is 0 Å². The lowest BCUT2D eigenvalue weighted by atomic mass is 10.2. The van der Waals surface area contributed by atoms with Crippen LogP contribution in [0, 0.1) is 11.7 Å². The molecule has 58 valence electrons. The Morgan fingerprint density at radius 2 is 1.80 bits per heavy atom. The fraction of sp³-hybridized carbons (Fsp3) is 0.667. The first kappa shape index (κ1) is 9.47. The van der Waals surface area contributed by atoms with Gasteiger partial charge in [0.15, 0.2) is 0 Å². The van der Waals surface area contributed by atoms with Crippen LogP contribution in [0.5, 0.6) is 0 Å². The van der Waals surface area contributed by atoms with Gasteiger partial charge in [-0.3, -0.25) is 4.18 Å². The van der Waals surface area contributed by atoms with E-state index in [1.807, 2.05) is 0 Å². The van der Waals surface area contributed by atoms with Crippen molar-refractivity contribution in [2.75, 3.05) is 0 Å². The highest BCUT2D eigenvalue weighted by Gasteiger charge is 2.18. The largest absolute Gasteiger partial charge is 0.338 e. The molecule has 0 unspecified atom stereocenters. The molecule has 3 nitrogen and oxygen atoms in total. The van der Waals surface area contributed by atoms with Gasteiger partial charge in [0.2, 0.25) is 0 Å². The molecule has 4 heteroatoms. The summed E-state index contributed by atoms with van der Waals surface area (Å²) in [7, 11) is -3.75. The molecule has 0 amide bonds. The number of hydrogen-bond acceptors (Lipinski definition) is 3. The van der Waals surface area contributed by atoms with E-state index in [1.54, 1.807) is 26.0 Å². The van der Waals surface area contributed by atoms with Gasteiger partial charge in [-0.25, -0.2) is 0 Å². The van der Waals surface area contributed by atoms with E-state index in [2.05, 4.69) is 10.6 Å². The maximum atomic E-state index is 10.6. The first-order valence-corrected chi connectivity index (χ1v) is 4.11. The van der Waals surface area contributed by atoms with Crippen molar-refractivity contribution >= 4 is 10.1 Å². The van der Waals surface area contributed by atoms with E-state index in [4.69, 9.17) is 0 Å². The highest BCUT2D eigenvalue weighted by molar-refractivity contribution is 7.91. The smallest absolute Gasteiger partial charge is 0.255 e.